The van der Waals surface area contributed by atoms with Gasteiger partial charge < -0.3 is 5.32 Å². The van der Waals surface area contributed by atoms with Gasteiger partial charge in [-0.15, -0.1) is 0 Å². The highest BCUT2D eigenvalue weighted by molar-refractivity contribution is 5.74. The summed E-state index contributed by atoms with van der Waals surface area (Å²) in [6.07, 6.45) is 0.393. The Morgan fingerprint density at radius 2 is 1.88 bits per heavy atom. The molecular formula is C12H17F2NO. The van der Waals surface area contributed by atoms with Gasteiger partial charge in [-0.05, 0) is 18.6 Å². The van der Waals surface area contributed by atoms with Crippen LogP contribution in [0.1, 0.15) is 31.9 Å². The van der Waals surface area contributed by atoms with Crippen LogP contribution >= 0.6 is 0 Å². The van der Waals surface area contributed by atoms with Crippen LogP contribution in [0.4, 0.5) is 14.5 Å². The zero-order valence-electron chi connectivity index (χ0n) is 9.97. The van der Waals surface area contributed by atoms with Gasteiger partial charge in [-0.3, -0.25) is 4.79 Å². The smallest absolute Gasteiger partial charge is 0.272 e. The van der Waals surface area contributed by atoms with E-state index < -0.39 is 5.92 Å². The van der Waals surface area contributed by atoms with Crippen molar-refractivity contribution >= 4 is 12.1 Å². The molecule has 1 aromatic carbocycles. The maximum Gasteiger partial charge on any atom is 0.272 e. The molecule has 0 bridgehead atoms. The van der Waals surface area contributed by atoms with Crippen molar-refractivity contribution in [2.45, 2.75) is 33.6 Å². The van der Waals surface area contributed by atoms with E-state index in [0.29, 0.717) is 6.41 Å². The summed E-state index contributed by atoms with van der Waals surface area (Å²) in [5.74, 6) is -2.95. The molecule has 16 heavy (non-hydrogen) atoms. The van der Waals surface area contributed by atoms with Crippen LogP contribution in [-0.4, -0.2) is 6.41 Å². The lowest BCUT2D eigenvalue weighted by molar-refractivity contribution is -0.105. The van der Waals surface area contributed by atoms with Crippen molar-refractivity contribution < 1.29 is 13.6 Å². The standard InChI is InChI=1S/C10H11F2NO.C2H6/c1-7-3-4-8(10(2,11)12)9(5-7)13-6-14;1-2/h3-6H,1-2H3,(H,13,14);1-2H3. The summed E-state index contributed by atoms with van der Waals surface area (Å²) in [4.78, 5) is 10.2. The van der Waals surface area contributed by atoms with Gasteiger partial charge in [-0.1, -0.05) is 26.0 Å². The molecule has 0 aliphatic rings. The molecule has 0 unspecified atom stereocenters. The summed E-state index contributed by atoms with van der Waals surface area (Å²) in [6.45, 7) is 6.57. The number of benzene rings is 1. The van der Waals surface area contributed by atoms with E-state index in [9.17, 15) is 13.6 Å². The molecule has 0 atom stereocenters. The average Bonchev–Trinajstić information content (AvgIpc) is 2.19. The van der Waals surface area contributed by atoms with Crippen molar-refractivity contribution in [1.29, 1.82) is 0 Å². The fourth-order valence-electron chi connectivity index (χ4n) is 1.22. The number of alkyl halides is 2. The van der Waals surface area contributed by atoms with Gasteiger partial charge in [0.05, 0.1) is 0 Å². The van der Waals surface area contributed by atoms with Gasteiger partial charge in [0.1, 0.15) is 0 Å². The van der Waals surface area contributed by atoms with E-state index in [4.69, 9.17) is 0 Å². The third kappa shape index (κ3) is 3.96. The lowest BCUT2D eigenvalue weighted by Gasteiger charge is -2.15. The van der Waals surface area contributed by atoms with Crippen LogP contribution < -0.4 is 5.32 Å². The minimum atomic E-state index is -2.95. The SMILES string of the molecule is CC.Cc1ccc(C(C)(F)F)c(NC=O)c1. The van der Waals surface area contributed by atoms with Gasteiger partial charge in [0.15, 0.2) is 0 Å². The minimum absolute atomic E-state index is 0.160. The molecule has 0 spiro atoms. The number of halogens is 2. The summed E-state index contributed by atoms with van der Waals surface area (Å²) < 4.78 is 26.0. The summed E-state index contributed by atoms with van der Waals surface area (Å²) in [6, 6.07) is 4.42. The number of nitrogens with one attached hydrogen (secondary N) is 1. The molecule has 0 saturated heterocycles. The van der Waals surface area contributed by atoms with Gasteiger partial charge in [0.25, 0.3) is 5.92 Å². The minimum Gasteiger partial charge on any atom is -0.328 e. The first-order valence-corrected chi connectivity index (χ1v) is 5.14. The molecule has 0 aromatic heterocycles. The Hall–Kier alpha value is -1.45. The van der Waals surface area contributed by atoms with Gasteiger partial charge in [0.2, 0.25) is 6.41 Å². The third-order valence-electron chi connectivity index (χ3n) is 1.86. The van der Waals surface area contributed by atoms with E-state index in [1.807, 2.05) is 13.8 Å². The summed E-state index contributed by atoms with van der Waals surface area (Å²) in [5.41, 5.74) is 0.810. The largest absolute Gasteiger partial charge is 0.328 e. The summed E-state index contributed by atoms with van der Waals surface area (Å²) in [5, 5.41) is 2.26. The molecule has 0 saturated carbocycles. The monoisotopic (exact) mass is 229 g/mol. The summed E-state index contributed by atoms with van der Waals surface area (Å²) in [7, 11) is 0. The highest BCUT2D eigenvalue weighted by atomic mass is 19.3. The van der Waals surface area contributed by atoms with E-state index in [0.717, 1.165) is 12.5 Å². The van der Waals surface area contributed by atoms with Crippen LogP contribution in [0.25, 0.3) is 0 Å². The first-order valence-electron chi connectivity index (χ1n) is 5.14. The van der Waals surface area contributed by atoms with E-state index in [1.54, 1.807) is 13.0 Å². The number of anilines is 1. The normalized spacial score (nSPS) is 10.1. The number of carbonyl (C=O) groups excluding carboxylic acids is 1. The molecule has 4 heteroatoms. The number of hydrogen-bond donors (Lipinski definition) is 1. The third-order valence-corrected chi connectivity index (χ3v) is 1.86. The Morgan fingerprint density at radius 1 is 1.31 bits per heavy atom. The zero-order valence-corrected chi connectivity index (χ0v) is 9.97. The second kappa shape index (κ2) is 6.20. The van der Waals surface area contributed by atoms with E-state index in [-0.39, 0.29) is 11.3 Å². The fourth-order valence-corrected chi connectivity index (χ4v) is 1.22. The second-order valence-electron chi connectivity index (χ2n) is 3.20. The van der Waals surface area contributed by atoms with Gasteiger partial charge in [-0.2, -0.15) is 0 Å². The van der Waals surface area contributed by atoms with Crippen LogP contribution in [-0.2, 0) is 10.7 Å². The van der Waals surface area contributed by atoms with Crippen LogP contribution in [0.15, 0.2) is 18.2 Å². The Bertz CT molecular complexity index is 345. The van der Waals surface area contributed by atoms with Crippen molar-refractivity contribution in [3.63, 3.8) is 0 Å². The van der Waals surface area contributed by atoms with E-state index >= 15 is 0 Å². The van der Waals surface area contributed by atoms with Crippen molar-refractivity contribution in [2.24, 2.45) is 0 Å². The molecule has 0 aliphatic heterocycles. The Kier molecular flexibility index (Phi) is 5.64. The molecule has 90 valence electrons. The number of carbonyl (C=O) groups is 1. The molecule has 1 N–H and O–H groups in total. The second-order valence-corrected chi connectivity index (χ2v) is 3.20. The van der Waals surface area contributed by atoms with E-state index in [2.05, 4.69) is 5.32 Å². The highest BCUT2D eigenvalue weighted by Gasteiger charge is 2.27. The maximum atomic E-state index is 13.0. The van der Waals surface area contributed by atoms with E-state index in [1.165, 1.54) is 12.1 Å². The molecule has 0 radical (unpaired) electrons. The topological polar surface area (TPSA) is 29.1 Å². The Balaban J connectivity index is 0.00000106. The lowest BCUT2D eigenvalue weighted by Crippen LogP contribution is -2.11. The van der Waals surface area contributed by atoms with Crippen molar-refractivity contribution in [1.82, 2.24) is 0 Å². The van der Waals surface area contributed by atoms with Crippen molar-refractivity contribution in [3.05, 3.63) is 29.3 Å². The average molecular weight is 229 g/mol. The first kappa shape index (κ1) is 14.6. The van der Waals surface area contributed by atoms with Crippen LogP contribution in [0.3, 0.4) is 0 Å². The lowest BCUT2D eigenvalue weighted by atomic mass is 10.1. The number of amides is 1. The van der Waals surface area contributed by atoms with Crippen LogP contribution in [0, 0.1) is 6.92 Å². The molecule has 1 aromatic rings. The predicted molar refractivity (Wildman–Crippen MR) is 61.8 cm³/mol. The Morgan fingerprint density at radius 3 is 2.31 bits per heavy atom. The van der Waals surface area contributed by atoms with Gasteiger partial charge >= 0.3 is 0 Å². The molecule has 0 aliphatic carbocycles. The van der Waals surface area contributed by atoms with Crippen molar-refractivity contribution in [3.8, 4) is 0 Å². The predicted octanol–water partition coefficient (Wildman–Crippen LogP) is 3.70. The quantitative estimate of drug-likeness (QED) is 0.787. The maximum absolute atomic E-state index is 13.0. The fraction of sp³-hybridized carbons (Fsp3) is 0.417. The first-order chi connectivity index (χ1) is 7.45. The van der Waals surface area contributed by atoms with Gasteiger partial charge in [0, 0.05) is 18.2 Å². The molecule has 0 fully saturated rings. The van der Waals surface area contributed by atoms with Crippen LogP contribution in [0.5, 0.6) is 0 Å². The summed E-state index contributed by atoms with van der Waals surface area (Å²) >= 11 is 0. The van der Waals surface area contributed by atoms with Crippen molar-refractivity contribution in [2.75, 3.05) is 5.32 Å². The number of hydrogen-bond acceptors (Lipinski definition) is 1. The highest BCUT2D eigenvalue weighted by Crippen LogP contribution is 2.33. The number of rotatable bonds is 3. The molecule has 1 rings (SSSR count). The molecule has 1 amide bonds. The zero-order chi connectivity index (χ0) is 12.8. The van der Waals surface area contributed by atoms with Gasteiger partial charge in [-0.25, -0.2) is 8.78 Å². The molecule has 0 heterocycles. The Labute approximate surface area is 94.7 Å². The number of aryl methyl sites for hydroxylation is 1. The van der Waals surface area contributed by atoms with Crippen LogP contribution in [0.2, 0.25) is 0 Å². The molecular weight excluding hydrogens is 212 g/mol. The molecule has 2 nitrogen and oxygen atoms in total.